The molecule has 2 atom stereocenters. The first-order valence-electron chi connectivity index (χ1n) is 8.06. The van der Waals surface area contributed by atoms with Crippen LogP contribution in [0.25, 0.3) is 0 Å². The van der Waals surface area contributed by atoms with Crippen LogP contribution in [0.2, 0.25) is 0 Å². The molecule has 1 aliphatic carbocycles. The van der Waals surface area contributed by atoms with Gasteiger partial charge in [0.2, 0.25) is 0 Å². The fourth-order valence-corrected chi connectivity index (χ4v) is 5.30. The Morgan fingerprint density at radius 2 is 1.85 bits per heavy atom. The number of ether oxygens (including phenoxy) is 3. The van der Waals surface area contributed by atoms with Gasteiger partial charge in [-0.2, -0.15) is 11.8 Å². The highest BCUT2D eigenvalue weighted by molar-refractivity contribution is 8.00. The maximum Gasteiger partial charge on any atom is 0.169 e. The lowest BCUT2D eigenvalue weighted by atomic mass is 9.89. The molecule has 2 aliphatic heterocycles. The molecule has 2 heterocycles. The van der Waals surface area contributed by atoms with Crippen molar-refractivity contribution in [2.45, 2.75) is 61.4 Å². The summed E-state index contributed by atoms with van der Waals surface area (Å²) in [5.41, 5.74) is 0. The Morgan fingerprint density at radius 1 is 1.10 bits per heavy atom. The lowest BCUT2D eigenvalue weighted by Gasteiger charge is -2.42. The normalized spacial score (nSPS) is 34.6. The molecule has 0 aromatic heterocycles. The van der Waals surface area contributed by atoms with Gasteiger partial charge in [-0.3, -0.25) is 0 Å². The minimum absolute atomic E-state index is 0.269. The van der Waals surface area contributed by atoms with Crippen molar-refractivity contribution in [1.82, 2.24) is 5.32 Å². The Morgan fingerprint density at radius 3 is 2.55 bits per heavy atom. The van der Waals surface area contributed by atoms with Crippen LogP contribution in [-0.4, -0.2) is 55.3 Å². The summed E-state index contributed by atoms with van der Waals surface area (Å²) in [6, 6.07) is 0.603. The van der Waals surface area contributed by atoms with Gasteiger partial charge in [0.25, 0.3) is 0 Å². The van der Waals surface area contributed by atoms with Gasteiger partial charge in [-0.25, -0.2) is 0 Å². The van der Waals surface area contributed by atoms with Crippen molar-refractivity contribution in [1.29, 1.82) is 0 Å². The second-order valence-corrected chi connectivity index (χ2v) is 7.55. The number of hydrogen-bond donors (Lipinski definition) is 1. The molecule has 2 saturated heterocycles. The molecule has 0 bridgehead atoms. The van der Waals surface area contributed by atoms with Gasteiger partial charge in [0, 0.05) is 42.6 Å². The SMILES string of the molecule is CCNC1CCC2(CC1SC1CCOCC1)OCCO2. The van der Waals surface area contributed by atoms with Crippen LogP contribution >= 0.6 is 11.8 Å². The summed E-state index contributed by atoms with van der Waals surface area (Å²) in [5, 5.41) is 5.01. The molecule has 0 amide bonds. The first-order valence-corrected chi connectivity index (χ1v) is 9.00. The largest absolute Gasteiger partial charge is 0.381 e. The molecule has 0 aromatic rings. The van der Waals surface area contributed by atoms with E-state index in [4.69, 9.17) is 14.2 Å². The fraction of sp³-hybridized carbons (Fsp3) is 1.00. The summed E-state index contributed by atoms with van der Waals surface area (Å²) < 4.78 is 17.4. The molecule has 3 aliphatic rings. The predicted molar refractivity (Wildman–Crippen MR) is 81.2 cm³/mol. The maximum atomic E-state index is 5.94. The van der Waals surface area contributed by atoms with E-state index in [2.05, 4.69) is 24.0 Å². The van der Waals surface area contributed by atoms with E-state index < -0.39 is 0 Å². The third-order valence-electron chi connectivity index (χ3n) is 4.61. The molecule has 0 aromatic carbocycles. The zero-order chi connectivity index (χ0) is 13.8. The van der Waals surface area contributed by atoms with Gasteiger partial charge in [-0.05, 0) is 25.8 Å². The van der Waals surface area contributed by atoms with Crippen molar-refractivity contribution < 1.29 is 14.2 Å². The number of thioether (sulfide) groups is 1. The van der Waals surface area contributed by atoms with Crippen LogP contribution in [0.15, 0.2) is 0 Å². The molecule has 1 spiro atoms. The summed E-state index contributed by atoms with van der Waals surface area (Å²) in [5.74, 6) is -0.269. The summed E-state index contributed by atoms with van der Waals surface area (Å²) >= 11 is 2.15. The molecular formula is C15H27NO3S. The maximum absolute atomic E-state index is 5.94. The Labute approximate surface area is 126 Å². The molecule has 1 N–H and O–H groups in total. The highest BCUT2D eigenvalue weighted by atomic mass is 32.2. The average Bonchev–Trinajstić information content (AvgIpc) is 2.92. The van der Waals surface area contributed by atoms with Crippen LogP contribution in [0.5, 0.6) is 0 Å². The molecule has 3 fully saturated rings. The van der Waals surface area contributed by atoms with Gasteiger partial charge in [0.15, 0.2) is 5.79 Å². The Kier molecular flexibility index (Phi) is 5.26. The van der Waals surface area contributed by atoms with Crippen molar-refractivity contribution in [3.05, 3.63) is 0 Å². The summed E-state index contributed by atoms with van der Waals surface area (Å²) in [4.78, 5) is 0. The second-order valence-electron chi connectivity index (χ2n) is 6.00. The predicted octanol–water partition coefficient (Wildman–Crippen LogP) is 2.17. The minimum Gasteiger partial charge on any atom is -0.381 e. The standard InChI is InChI=1S/C15H27NO3S/c1-2-16-13-3-6-15(18-9-10-19-15)11-14(13)20-12-4-7-17-8-5-12/h12-14,16H,2-11H2,1H3. The van der Waals surface area contributed by atoms with Crippen LogP contribution in [-0.2, 0) is 14.2 Å². The Hall–Kier alpha value is 0.190. The first kappa shape index (κ1) is 15.1. The fourth-order valence-electron chi connectivity index (χ4n) is 3.57. The topological polar surface area (TPSA) is 39.7 Å². The molecular weight excluding hydrogens is 274 g/mol. The van der Waals surface area contributed by atoms with E-state index >= 15 is 0 Å². The second kappa shape index (κ2) is 6.97. The van der Waals surface area contributed by atoms with Gasteiger partial charge in [0.1, 0.15) is 0 Å². The zero-order valence-electron chi connectivity index (χ0n) is 12.4. The molecule has 3 rings (SSSR count). The molecule has 1 saturated carbocycles. The van der Waals surface area contributed by atoms with E-state index in [-0.39, 0.29) is 5.79 Å². The van der Waals surface area contributed by atoms with Crippen molar-refractivity contribution >= 4 is 11.8 Å². The average molecular weight is 301 g/mol. The van der Waals surface area contributed by atoms with Crippen LogP contribution in [0, 0.1) is 0 Å². The monoisotopic (exact) mass is 301 g/mol. The lowest BCUT2D eigenvalue weighted by Crippen LogP contribution is -2.50. The lowest BCUT2D eigenvalue weighted by molar-refractivity contribution is -0.178. The van der Waals surface area contributed by atoms with Gasteiger partial charge >= 0.3 is 0 Å². The van der Waals surface area contributed by atoms with Crippen LogP contribution in [0.1, 0.15) is 39.0 Å². The van der Waals surface area contributed by atoms with Crippen molar-refractivity contribution in [3.8, 4) is 0 Å². The summed E-state index contributed by atoms with van der Waals surface area (Å²) in [6.45, 7) is 6.62. The number of rotatable bonds is 4. The van der Waals surface area contributed by atoms with E-state index in [1.807, 2.05) is 0 Å². The highest BCUT2D eigenvalue weighted by Gasteiger charge is 2.45. The quantitative estimate of drug-likeness (QED) is 0.862. The van der Waals surface area contributed by atoms with E-state index in [1.54, 1.807) is 0 Å². The van der Waals surface area contributed by atoms with Crippen molar-refractivity contribution in [2.24, 2.45) is 0 Å². The molecule has 4 nitrogen and oxygen atoms in total. The van der Waals surface area contributed by atoms with Crippen molar-refractivity contribution in [3.63, 3.8) is 0 Å². The minimum atomic E-state index is -0.269. The summed E-state index contributed by atoms with van der Waals surface area (Å²) in [6.07, 6.45) is 5.61. The number of hydrogen-bond acceptors (Lipinski definition) is 5. The Balaban J connectivity index is 1.61. The third kappa shape index (κ3) is 3.50. The Bertz CT molecular complexity index is 303. The van der Waals surface area contributed by atoms with E-state index in [0.29, 0.717) is 11.3 Å². The van der Waals surface area contributed by atoms with Gasteiger partial charge in [-0.1, -0.05) is 6.92 Å². The van der Waals surface area contributed by atoms with Gasteiger partial charge in [-0.15, -0.1) is 0 Å². The zero-order valence-corrected chi connectivity index (χ0v) is 13.3. The van der Waals surface area contributed by atoms with E-state index in [0.717, 1.165) is 57.5 Å². The van der Waals surface area contributed by atoms with Crippen molar-refractivity contribution in [2.75, 3.05) is 33.0 Å². The summed E-state index contributed by atoms with van der Waals surface area (Å²) in [7, 11) is 0. The van der Waals surface area contributed by atoms with Crippen LogP contribution in [0.3, 0.4) is 0 Å². The van der Waals surface area contributed by atoms with Gasteiger partial charge in [0.05, 0.1) is 13.2 Å². The molecule has 116 valence electrons. The molecule has 2 unspecified atom stereocenters. The smallest absolute Gasteiger partial charge is 0.169 e. The van der Waals surface area contributed by atoms with Crippen LogP contribution in [0.4, 0.5) is 0 Å². The third-order valence-corrected chi connectivity index (χ3v) is 6.31. The first-order chi connectivity index (χ1) is 9.81. The van der Waals surface area contributed by atoms with Gasteiger partial charge < -0.3 is 19.5 Å². The highest BCUT2D eigenvalue weighted by Crippen LogP contribution is 2.42. The van der Waals surface area contributed by atoms with Crippen LogP contribution < -0.4 is 5.32 Å². The van der Waals surface area contributed by atoms with E-state index in [9.17, 15) is 0 Å². The molecule has 5 heteroatoms. The molecule has 0 radical (unpaired) electrons. The molecule has 20 heavy (non-hydrogen) atoms. The van der Waals surface area contributed by atoms with E-state index in [1.165, 1.54) is 12.8 Å². The number of nitrogens with one attached hydrogen (secondary N) is 1.